The molecule has 45 heavy (non-hydrogen) atoms. The Hall–Kier alpha value is -3.22. The summed E-state index contributed by atoms with van der Waals surface area (Å²) in [6.45, 7) is 2.72. The van der Waals surface area contributed by atoms with Gasteiger partial charge in [0.2, 0.25) is 5.41 Å². The molecule has 3 aromatic rings. The lowest BCUT2D eigenvalue weighted by Crippen LogP contribution is -2.48. The van der Waals surface area contributed by atoms with Gasteiger partial charge >= 0.3 is 11.9 Å². The minimum absolute atomic E-state index is 0.0646. The first-order valence-electron chi connectivity index (χ1n) is 14.7. The topological polar surface area (TPSA) is 110 Å². The number of esters is 2. The lowest BCUT2D eigenvalue weighted by molar-refractivity contribution is -0.179. The van der Waals surface area contributed by atoms with Crippen LogP contribution < -0.4 is 9.47 Å². The summed E-state index contributed by atoms with van der Waals surface area (Å²) in [6, 6.07) is 25.9. The van der Waals surface area contributed by atoms with Crippen LogP contribution in [0.25, 0.3) is 0 Å². The molecule has 3 aromatic carbocycles. The molecule has 11 heteroatoms. The molecule has 9 nitrogen and oxygen atoms in total. The molecule has 3 rings (SSSR count). The van der Waals surface area contributed by atoms with Crippen LogP contribution in [0.4, 0.5) is 0 Å². The molecule has 0 heterocycles. The fourth-order valence-electron chi connectivity index (χ4n) is 4.67. The number of aliphatic hydroxyl groups is 1. The van der Waals surface area contributed by atoms with E-state index in [1.54, 1.807) is 38.9 Å². The molecule has 0 spiro atoms. The van der Waals surface area contributed by atoms with Gasteiger partial charge in [0.05, 0.1) is 40.6 Å². The van der Waals surface area contributed by atoms with E-state index in [9.17, 15) is 14.7 Å². The molecule has 0 aliphatic carbocycles. The summed E-state index contributed by atoms with van der Waals surface area (Å²) in [6.07, 6.45) is 0.741. The van der Waals surface area contributed by atoms with Gasteiger partial charge in [-0.15, -0.1) is 0 Å². The van der Waals surface area contributed by atoms with E-state index in [4.69, 9.17) is 28.4 Å². The van der Waals surface area contributed by atoms with Gasteiger partial charge in [0.1, 0.15) is 23.0 Å². The molecular formula is C34H42O9S2. The molecule has 0 aromatic heterocycles. The predicted molar refractivity (Wildman–Crippen MR) is 177 cm³/mol. The van der Waals surface area contributed by atoms with Crippen LogP contribution in [-0.4, -0.2) is 76.0 Å². The third-order valence-electron chi connectivity index (χ3n) is 7.03. The lowest BCUT2D eigenvalue weighted by Gasteiger charge is -2.36. The Morgan fingerprint density at radius 1 is 0.733 bits per heavy atom. The van der Waals surface area contributed by atoms with Crippen LogP contribution in [-0.2, 0) is 34.1 Å². The number of rotatable bonds is 20. The number of hydrogen-bond acceptors (Lipinski definition) is 11. The van der Waals surface area contributed by atoms with Crippen LogP contribution in [0.3, 0.4) is 0 Å². The number of ether oxygens (including phenoxy) is 6. The SMILES string of the molecule is CCOC(=O)C(CO)(COCSSCCCOC(c1ccccc1)(c1ccc(OC)cc1)c1ccc(OC)cc1)C(=O)OCC. The number of aliphatic hydroxyl groups excluding tert-OH is 1. The van der Waals surface area contributed by atoms with Crippen molar-refractivity contribution in [1.29, 1.82) is 0 Å². The molecule has 0 bridgehead atoms. The smallest absolute Gasteiger partial charge is 0.328 e. The Balaban J connectivity index is 1.66. The van der Waals surface area contributed by atoms with Crippen molar-refractivity contribution < 1.29 is 43.1 Å². The van der Waals surface area contributed by atoms with Gasteiger partial charge < -0.3 is 33.5 Å². The van der Waals surface area contributed by atoms with Crippen molar-refractivity contribution in [1.82, 2.24) is 0 Å². The van der Waals surface area contributed by atoms with Gasteiger partial charge in [-0.1, -0.05) is 76.2 Å². The second-order valence-electron chi connectivity index (χ2n) is 9.79. The Kier molecular flexibility index (Phi) is 15.0. The summed E-state index contributed by atoms with van der Waals surface area (Å²) in [4.78, 5) is 25.0. The maximum Gasteiger partial charge on any atom is 0.328 e. The zero-order chi connectivity index (χ0) is 32.5. The van der Waals surface area contributed by atoms with Gasteiger partial charge in [-0.05, 0) is 61.2 Å². The fourth-order valence-corrected chi connectivity index (χ4v) is 6.36. The molecule has 1 N–H and O–H groups in total. The second kappa shape index (κ2) is 18.7. The highest BCUT2D eigenvalue weighted by Gasteiger charge is 2.49. The van der Waals surface area contributed by atoms with Crippen molar-refractivity contribution in [3.05, 3.63) is 95.6 Å². The molecule has 0 unspecified atom stereocenters. The maximum atomic E-state index is 12.5. The summed E-state index contributed by atoms with van der Waals surface area (Å²) in [5.74, 6) is 0.731. The molecule has 0 radical (unpaired) electrons. The first-order valence-corrected chi connectivity index (χ1v) is 17.2. The average molecular weight is 659 g/mol. The lowest BCUT2D eigenvalue weighted by atomic mass is 9.80. The number of carbonyl (C=O) groups excluding carboxylic acids is 2. The molecule has 0 saturated heterocycles. The molecule has 0 atom stereocenters. The van der Waals surface area contributed by atoms with Crippen molar-refractivity contribution in [2.24, 2.45) is 5.41 Å². The Bertz CT molecular complexity index is 1240. The van der Waals surface area contributed by atoms with Crippen LogP contribution >= 0.6 is 21.6 Å². The van der Waals surface area contributed by atoms with Crippen molar-refractivity contribution in [2.75, 3.05) is 58.9 Å². The first kappa shape index (κ1) is 36.3. The predicted octanol–water partition coefficient (Wildman–Crippen LogP) is 5.86. The largest absolute Gasteiger partial charge is 0.497 e. The Morgan fingerprint density at radius 2 is 1.24 bits per heavy atom. The highest BCUT2D eigenvalue weighted by atomic mass is 33.1. The second-order valence-corrected chi connectivity index (χ2v) is 12.3. The van der Waals surface area contributed by atoms with Gasteiger partial charge in [0.15, 0.2) is 0 Å². The quantitative estimate of drug-likeness (QED) is 0.0394. The summed E-state index contributed by atoms with van der Waals surface area (Å²) >= 11 is 0. The summed E-state index contributed by atoms with van der Waals surface area (Å²) < 4.78 is 33.3. The maximum absolute atomic E-state index is 12.5. The molecular weight excluding hydrogens is 616 g/mol. The van der Waals surface area contributed by atoms with Crippen LogP contribution in [0, 0.1) is 5.41 Å². The molecule has 0 saturated carbocycles. The van der Waals surface area contributed by atoms with E-state index in [1.165, 1.54) is 10.8 Å². The van der Waals surface area contributed by atoms with E-state index in [0.717, 1.165) is 40.4 Å². The van der Waals surface area contributed by atoms with Gasteiger partial charge in [-0.25, -0.2) is 0 Å². The third-order valence-corrected chi connectivity index (χ3v) is 9.20. The molecule has 244 valence electrons. The minimum atomic E-state index is -1.91. The van der Waals surface area contributed by atoms with Crippen molar-refractivity contribution in [3.63, 3.8) is 0 Å². The monoisotopic (exact) mass is 658 g/mol. The average Bonchev–Trinajstić information content (AvgIpc) is 3.08. The van der Waals surface area contributed by atoms with Crippen LogP contribution in [0.15, 0.2) is 78.9 Å². The van der Waals surface area contributed by atoms with Gasteiger partial charge in [0.25, 0.3) is 0 Å². The molecule has 0 amide bonds. The Morgan fingerprint density at radius 3 is 1.71 bits per heavy atom. The first-order chi connectivity index (χ1) is 21.9. The van der Waals surface area contributed by atoms with Crippen LogP contribution in [0.1, 0.15) is 37.0 Å². The van der Waals surface area contributed by atoms with E-state index in [1.807, 2.05) is 66.7 Å². The normalized spacial score (nSPS) is 11.6. The molecule has 0 aliphatic heterocycles. The minimum Gasteiger partial charge on any atom is -0.497 e. The summed E-state index contributed by atoms with van der Waals surface area (Å²) in [5.41, 5.74) is 0.131. The van der Waals surface area contributed by atoms with Gasteiger partial charge in [-0.3, -0.25) is 9.59 Å². The standard InChI is InChI=1S/C34H42O9S2/c1-5-41-31(36)33(23-35,32(37)42-6-2)24-40-25-45-44-22-10-21-43-34(26-11-8-7-9-12-26,27-13-17-29(38-3)18-14-27)28-15-19-30(39-4)20-16-28/h7-9,11-20,35H,5-6,10,21-25H2,1-4H3. The fraction of sp³-hybridized carbons (Fsp3) is 0.412. The van der Waals surface area contributed by atoms with E-state index in [0.29, 0.717) is 6.61 Å². The molecule has 0 aliphatic rings. The zero-order valence-electron chi connectivity index (χ0n) is 26.2. The number of carbonyl (C=O) groups is 2. The van der Waals surface area contributed by atoms with Gasteiger partial charge in [-0.2, -0.15) is 0 Å². The summed E-state index contributed by atoms with van der Waals surface area (Å²) in [7, 11) is 6.30. The van der Waals surface area contributed by atoms with Crippen LogP contribution in [0.5, 0.6) is 11.5 Å². The number of benzene rings is 3. The molecule has 0 fully saturated rings. The van der Waals surface area contributed by atoms with E-state index in [2.05, 4.69) is 12.1 Å². The van der Waals surface area contributed by atoms with E-state index >= 15 is 0 Å². The van der Waals surface area contributed by atoms with E-state index in [-0.39, 0.29) is 25.8 Å². The van der Waals surface area contributed by atoms with Gasteiger partial charge in [0, 0.05) is 12.4 Å². The van der Waals surface area contributed by atoms with Crippen molar-refractivity contribution in [3.8, 4) is 11.5 Å². The van der Waals surface area contributed by atoms with E-state index < -0.39 is 29.6 Å². The summed E-state index contributed by atoms with van der Waals surface area (Å²) in [5, 5.41) is 9.92. The Labute approximate surface area is 273 Å². The van der Waals surface area contributed by atoms with Crippen LogP contribution in [0.2, 0.25) is 0 Å². The highest BCUT2D eigenvalue weighted by Crippen LogP contribution is 2.42. The van der Waals surface area contributed by atoms with Crippen molar-refractivity contribution >= 4 is 33.5 Å². The highest BCUT2D eigenvalue weighted by molar-refractivity contribution is 8.76. The number of methoxy groups -OCH3 is 2. The number of hydrogen-bond donors (Lipinski definition) is 1. The zero-order valence-corrected chi connectivity index (χ0v) is 27.8. The third kappa shape index (κ3) is 9.17. The van der Waals surface area contributed by atoms with Crippen molar-refractivity contribution in [2.45, 2.75) is 25.9 Å².